The number of aromatic nitrogens is 4. The molecule has 2 unspecified atom stereocenters. The third-order valence-electron chi connectivity index (χ3n) is 8.76. The number of sulfonamides is 1. The zero-order valence-electron chi connectivity index (χ0n) is 25.3. The van der Waals surface area contributed by atoms with E-state index < -0.39 is 15.4 Å². The summed E-state index contributed by atoms with van der Waals surface area (Å²) in [5.41, 5.74) is 4.09. The van der Waals surface area contributed by atoms with Gasteiger partial charge in [-0.15, -0.1) is 0 Å². The van der Waals surface area contributed by atoms with Gasteiger partial charge in [-0.05, 0) is 61.4 Å². The number of carbonyl (C=O) groups is 1. The Morgan fingerprint density at radius 3 is 2.57 bits per heavy atom. The average molecular weight is 591 g/mol. The fourth-order valence-electron chi connectivity index (χ4n) is 6.35. The zero-order valence-corrected chi connectivity index (χ0v) is 26.1. The number of carbonyl (C=O) groups excluding carboxylic acids is 1. The van der Waals surface area contributed by atoms with E-state index >= 15 is 0 Å². The summed E-state index contributed by atoms with van der Waals surface area (Å²) in [6, 6.07) is 14.8. The molecule has 0 saturated carbocycles. The normalized spacial score (nSPS) is 18.5. The van der Waals surface area contributed by atoms with Crippen LogP contribution in [0.25, 0.3) is 10.9 Å². The van der Waals surface area contributed by atoms with Gasteiger partial charge in [0.2, 0.25) is 15.9 Å². The molecule has 0 bridgehead atoms. The maximum atomic E-state index is 13.8. The molecule has 2 aromatic heterocycles. The molecule has 0 radical (unpaired) electrons. The third-order valence-corrected chi connectivity index (χ3v) is 10.6. The Morgan fingerprint density at radius 1 is 1.12 bits per heavy atom. The van der Waals surface area contributed by atoms with Crippen LogP contribution in [0.15, 0.2) is 66.0 Å². The van der Waals surface area contributed by atoms with Crippen LogP contribution in [0.5, 0.6) is 0 Å². The first-order valence-corrected chi connectivity index (χ1v) is 16.3. The molecule has 2 atom stereocenters. The van der Waals surface area contributed by atoms with Crippen molar-refractivity contribution in [3.63, 3.8) is 0 Å². The molecule has 9 nitrogen and oxygen atoms in total. The maximum absolute atomic E-state index is 13.8. The van der Waals surface area contributed by atoms with E-state index in [9.17, 15) is 13.2 Å². The molecule has 3 heterocycles. The van der Waals surface area contributed by atoms with E-state index in [1.54, 1.807) is 27.0 Å². The number of benzene rings is 2. The summed E-state index contributed by atoms with van der Waals surface area (Å²) in [7, 11) is -1.87. The van der Waals surface area contributed by atoms with Crippen molar-refractivity contribution in [3.8, 4) is 0 Å². The average Bonchev–Trinajstić information content (AvgIpc) is 3.72. The summed E-state index contributed by atoms with van der Waals surface area (Å²) in [6.07, 6.45) is 8.19. The third kappa shape index (κ3) is 5.74. The highest BCUT2D eigenvalue weighted by molar-refractivity contribution is 7.89. The summed E-state index contributed by atoms with van der Waals surface area (Å²) in [5.74, 6) is 0.0321. The van der Waals surface area contributed by atoms with Crippen molar-refractivity contribution in [3.05, 3.63) is 77.7 Å². The Morgan fingerprint density at radius 2 is 1.88 bits per heavy atom. The first-order chi connectivity index (χ1) is 20.1. The number of hydrogen-bond donors (Lipinski definition) is 0. The Labute approximate surface area is 249 Å². The minimum Gasteiger partial charge on any atom is -0.344 e. The van der Waals surface area contributed by atoms with E-state index in [0.29, 0.717) is 32.6 Å². The lowest BCUT2D eigenvalue weighted by Gasteiger charge is -2.32. The molecule has 0 spiro atoms. The number of amides is 1. The minimum atomic E-state index is -3.69. The first kappa shape index (κ1) is 30.0. The number of hydrogen-bond acceptors (Lipinski definition) is 5. The Kier molecular flexibility index (Phi) is 8.57. The van der Waals surface area contributed by atoms with Gasteiger partial charge in [0.25, 0.3) is 0 Å². The van der Waals surface area contributed by atoms with Crippen LogP contribution >= 0.6 is 0 Å². The molecule has 0 N–H and O–H groups in total. The summed E-state index contributed by atoms with van der Waals surface area (Å²) in [6.45, 7) is 9.97. The molecule has 224 valence electrons. The molecule has 1 aliphatic rings. The van der Waals surface area contributed by atoms with Crippen LogP contribution in [0.2, 0.25) is 0 Å². The van der Waals surface area contributed by atoms with Crippen molar-refractivity contribution in [2.75, 3.05) is 26.7 Å². The largest absolute Gasteiger partial charge is 0.344 e. The number of likely N-dealkylation sites (N-methyl/N-ethyl adjacent to an activating group) is 1. The van der Waals surface area contributed by atoms with Crippen molar-refractivity contribution in [2.24, 2.45) is 0 Å². The summed E-state index contributed by atoms with van der Waals surface area (Å²) >= 11 is 0. The van der Waals surface area contributed by atoms with Crippen LogP contribution in [0, 0.1) is 6.92 Å². The molecule has 4 aromatic rings. The second-order valence-corrected chi connectivity index (χ2v) is 13.7. The van der Waals surface area contributed by atoms with Crippen molar-refractivity contribution in [1.82, 2.24) is 28.8 Å². The van der Waals surface area contributed by atoms with Crippen LogP contribution in [-0.2, 0) is 33.2 Å². The lowest BCUT2D eigenvalue weighted by atomic mass is 9.73. The van der Waals surface area contributed by atoms with E-state index in [2.05, 4.69) is 43.2 Å². The van der Waals surface area contributed by atoms with E-state index in [1.165, 1.54) is 11.8 Å². The van der Waals surface area contributed by atoms with Crippen LogP contribution in [0.1, 0.15) is 62.8 Å². The quantitative estimate of drug-likeness (QED) is 0.246. The predicted molar refractivity (Wildman–Crippen MR) is 165 cm³/mol. The molecule has 0 aliphatic carbocycles. The number of nitrogens with zero attached hydrogens (tertiary/aromatic N) is 6. The molecule has 10 heteroatoms. The topological polar surface area (TPSA) is 93.3 Å². The summed E-state index contributed by atoms with van der Waals surface area (Å²) in [4.78, 5) is 13.9. The fraction of sp³-hybridized carbons (Fsp3) is 0.469. The molecular formula is C32H42N6O3S. The van der Waals surface area contributed by atoms with E-state index in [0.717, 1.165) is 41.3 Å². The van der Waals surface area contributed by atoms with Crippen molar-refractivity contribution in [2.45, 2.75) is 76.3 Å². The van der Waals surface area contributed by atoms with Gasteiger partial charge >= 0.3 is 0 Å². The van der Waals surface area contributed by atoms with Crippen LogP contribution < -0.4 is 0 Å². The monoisotopic (exact) mass is 590 g/mol. The van der Waals surface area contributed by atoms with E-state index in [-0.39, 0.29) is 16.8 Å². The molecule has 2 aromatic carbocycles. The van der Waals surface area contributed by atoms with Gasteiger partial charge in [0.15, 0.2) is 0 Å². The zero-order chi connectivity index (χ0) is 30.1. The highest BCUT2D eigenvalue weighted by atomic mass is 32.2. The van der Waals surface area contributed by atoms with E-state index in [4.69, 9.17) is 5.10 Å². The highest BCUT2D eigenvalue weighted by Crippen LogP contribution is 2.42. The molecule has 1 aliphatic heterocycles. The van der Waals surface area contributed by atoms with Gasteiger partial charge in [-0.2, -0.15) is 14.5 Å². The van der Waals surface area contributed by atoms with Gasteiger partial charge in [0.05, 0.1) is 24.0 Å². The van der Waals surface area contributed by atoms with Gasteiger partial charge in [-0.25, -0.2) is 8.42 Å². The van der Waals surface area contributed by atoms with Crippen molar-refractivity contribution >= 4 is 26.8 Å². The van der Waals surface area contributed by atoms with Crippen molar-refractivity contribution < 1.29 is 13.2 Å². The molecule has 1 saturated heterocycles. The van der Waals surface area contributed by atoms with Crippen LogP contribution in [-0.4, -0.2) is 69.8 Å². The Hall–Kier alpha value is -3.50. The minimum absolute atomic E-state index is 0.0321. The number of rotatable bonds is 11. The van der Waals surface area contributed by atoms with Crippen LogP contribution in [0.3, 0.4) is 0 Å². The summed E-state index contributed by atoms with van der Waals surface area (Å²) < 4.78 is 33.0. The Balaban J connectivity index is 1.53. The fourth-order valence-corrected chi connectivity index (χ4v) is 7.83. The van der Waals surface area contributed by atoms with Gasteiger partial charge in [-0.1, -0.05) is 44.2 Å². The molecule has 5 rings (SSSR count). The molecule has 1 amide bonds. The smallest absolute Gasteiger partial charge is 0.246 e. The lowest BCUT2D eigenvalue weighted by molar-refractivity contribution is -0.128. The van der Waals surface area contributed by atoms with Crippen LogP contribution in [0.4, 0.5) is 0 Å². The van der Waals surface area contributed by atoms with Gasteiger partial charge in [0.1, 0.15) is 4.90 Å². The SMILES string of the molecule is CCCn1cc(S(=O)(=O)N2CCC(Cc3ccccc3)(c3cc4cnn(C(CC)CN(C)C(C)=O)c4cc3C)C2)cn1. The second-order valence-electron chi connectivity index (χ2n) is 11.7. The van der Waals surface area contributed by atoms with Gasteiger partial charge in [-0.3, -0.25) is 14.2 Å². The van der Waals surface area contributed by atoms with Gasteiger partial charge < -0.3 is 4.90 Å². The highest BCUT2D eigenvalue weighted by Gasteiger charge is 2.45. The predicted octanol–water partition coefficient (Wildman–Crippen LogP) is 4.96. The summed E-state index contributed by atoms with van der Waals surface area (Å²) in [5, 5.41) is 10.1. The molecular weight excluding hydrogens is 548 g/mol. The maximum Gasteiger partial charge on any atom is 0.246 e. The molecule has 42 heavy (non-hydrogen) atoms. The van der Waals surface area contributed by atoms with E-state index in [1.807, 2.05) is 43.0 Å². The van der Waals surface area contributed by atoms with Crippen molar-refractivity contribution in [1.29, 1.82) is 0 Å². The standard InChI is InChI=1S/C32H42N6O3S/c1-6-14-36-22-29(20-33-36)42(40,41)37-15-13-32(23-37,18-26-11-9-8-10-12-26)30-17-27-19-34-38(31(27)16-24(30)3)28(7-2)21-35(5)25(4)39/h8-12,16-17,19-20,22,28H,6-7,13-15,18,21,23H2,1-5H3. The number of aryl methyl sites for hydroxylation is 2. The lowest BCUT2D eigenvalue weighted by Crippen LogP contribution is -2.36. The number of fused-ring (bicyclic) bond motifs is 1. The Bertz CT molecular complexity index is 1660. The van der Waals surface area contributed by atoms with Gasteiger partial charge in [0, 0.05) is 57.1 Å². The first-order valence-electron chi connectivity index (χ1n) is 14.8. The second kappa shape index (κ2) is 12.0. The molecule has 1 fully saturated rings.